The summed E-state index contributed by atoms with van der Waals surface area (Å²) in [5, 5.41) is 2.88. The smallest absolute Gasteiger partial charge is 0.0631 e. The van der Waals surface area contributed by atoms with Crippen molar-refractivity contribution in [2.24, 2.45) is 0 Å². The molecule has 0 N–H and O–H groups in total. The van der Waals surface area contributed by atoms with E-state index in [1.54, 1.807) is 0 Å². The highest BCUT2D eigenvalue weighted by Crippen LogP contribution is 2.39. The van der Waals surface area contributed by atoms with E-state index in [2.05, 4.69) is 36.4 Å². The largest absolute Gasteiger partial charge is 0.117 e. The molecule has 0 heterocycles. The standard InChI is InChI=1S/C12H9Cl/c13-11-7-9-5-1-3-8-4-2-6-10(11)12(8)9/h1-6,11H,7H2. The van der Waals surface area contributed by atoms with Crippen LogP contribution in [-0.4, -0.2) is 0 Å². The first-order chi connectivity index (χ1) is 6.36. The van der Waals surface area contributed by atoms with Crippen LogP contribution in [0.2, 0.25) is 0 Å². The zero-order valence-electron chi connectivity index (χ0n) is 7.13. The van der Waals surface area contributed by atoms with Gasteiger partial charge in [0.05, 0.1) is 5.38 Å². The number of halogens is 1. The van der Waals surface area contributed by atoms with Gasteiger partial charge in [-0.05, 0) is 28.3 Å². The Kier molecular flexibility index (Phi) is 1.42. The molecule has 13 heavy (non-hydrogen) atoms. The van der Waals surface area contributed by atoms with Gasteiger partial charge in [-0.15, -0.1) is 11.6 Å². The van der Waals surface area contributed by atoms with Gasteiger partial charge in [-0.2, -0.15) is 0 Å². The molecule has 2 aromatic carbocycles. The summed E-state index contributed by atoms with van der Waals surface area (Å²) in [6, 6.07) is 12.8. The minimum Gasteiger partial charge on any atom is -0.117 e. The van der Waals surface area contributed by atoms with Crippen molar-refractivity contribution in [2.75, 3.05) is 0 Å². The van der Waals surface area contributed by atoms with Crippen molar-refractivity contribution in [3.05, 3.63) is 47.5 Å². The zero-order chi connectivity index (χ0) is 8.84. The Hall–Kier alpha value is -1.01. The summed E-state index contributed by atoms with van der Waals surface area (Å²) >= 11 is 6.25. The molecule has 0 amide bonds. The van der Waals surface area contributed by atoms with Crippen LogP contribution in [0.25, 0.3) is 10.8 Å². The molecule has 1 heteroatoms. The summed E-state index contributed by atoms with van der Waals surface area (Å²) < 4.78 is 0. The first kappa shape index (κ1) is 7.40. The summed E-state index contributed by atoms with van der Waals surface area (Å²) in [7, 11) is 0. The number of alkyl halides is 1. The fourth-order valence-electron chi connectivity index (χ4n) is 2.18. The fraction of sp³-hybridized carbons (Fsp3) is 0.167. The third-order valence-electron chi connectivity index (χ3n) is 2.76. The maximum absolute atomic E-state index is 6.25. The second-order valence-electron chi connectivity index (χ2n) is 3.53. The number of hydrogen-bond acceptors (Lipinski definition) is 0. The Labute approximate surface area is 82.1 Å². The molecule has 0 saturated carbocycles. The second-order valence-corrected chi connectivity index (χ2v) is 4.06. The molecule has 0 saturated heterocycles. The second kappa shape index (κ2) is 2.49. The first-order valence-electron chi connectivity index (χ1n) is 4.51. The molecular formula is C12H9Cl. The highest BCUT2D eigenvalue weighted by molar-refractivity contribution is 6.23. The molecule has 0 nitrogen and oxygen atoms in total. The number of rotatable bonds is 0. The lowest BCUT2D eigenvalue weighted by Gasteiger charge is -2.01. The molecule has 1 aliphatic rings. The Bertz CT molecular complexity index is 468. The van der Waals surface area contributed by atoms with Crippen molar-refractivity contribution in [1.29, 1.82) is 0 Å². The normalized spacial score (nSPS) is 19.6. The van der Waals surface area contributed by atoms with E-state index in [0.29, 0.717) is 0 Å². The van der Waals surface area contributed by atoms with E-state index in [0.717, 1.165) is 6.42 Å². The third kappa shape index (κ3) is 0.925. The zero-order valence-corrected chi connectivity index (χ0v) is 7.88. The quantitative estimate of drug-likeness (QED) is 0.554. The van der Waals surface area contributed by atoms with E-state index in [4.69, 9.17) is 11.6 Å². The van der Waals surface area contributed by atoms with E-state index in [9.17, 15) is 0 Å². The van der Waals surface area contributed by atoms with Gasteiger partial charge in [0.1, 0.15) is 0 Å². The van der Waals surface area contributed by atoms with E-state index >= 15 is 0 Å². The molecule has 2 aromatic rings. The van der Waals surface area contributed by atoms with Crippen LogP contribution in [0.3, 0.4) is 0 Å². The lowest BCUT2D eigenvalue weighted by Crippen LogP contribution is -1.83. The van der Waals surface area contributed by atoms with Gasteiger partial charge in [0.15, 0.2) is 0 Å². The Morgan fingerprint density at radius 2 is 1.85 bits per heavy atom. The van der Waals surface area contributed by atoms with Crippen molar-refractivity contribution in [3.63, 3.8) is 0 Å². The van der Waals surface area contributed by atoms with E-state index in [1.807, 2.05) is 0 Å². The van der Waals surface area contributed by atoms with E-state index in [-0.39, 0.29) is 5.38 Å². The predicted octanol–water partition coefficient (Wildman–Crippen LogP) is 3.68. The molecule has 64 valence electrons. The van der Waals surface area contributed by atoms with Gasteiger partial charge in [-0.25, -0.2) is 0 Å². The van der Waals surface area contributed by atoms with Gasteiger partial charge in [0.2, 0.25) is 0 Å². The minimum absolute atomic E-state index is 0.182. The van der Waals surface area contributed by atoms with Crippen LogP contribution in [0.15, 0.2) is 36.4 Å². The van der Waals surface area contributed by atoms with Crippen LogP contribution in [0.4, 0.5) is 0 Å². The SMILES string of the molecule is ClC1Cc2cccc3cccc1c23. The molecule has 1 aliphatic carbocycles. The fourth-order valence-corrected chi connectivity index (χ4v) is 2.53. The van der Waals surface area contributed by atoms with Crippen LogP contribution >= 0.6 is 11.6 Å². The van der Waals surface area contributed by atoms with Gasteiger partial charge in [0.25, 0.3) is 0 Å². The molecule has 0 bridgehead atoms. The molecule has 1 atom stereocenters. The Morgan fingerprint density at radius 1 is 1.08 bits per heavy atom. The van der Waals surface area contributed by atoms with Gasteiger partial charge in [0, 0.05) is 0 Å². The number of benzene rings is 2. The van der Waals surface area contributed by atoms with Crippen molar-refractivity contribution in [3.8, 4) is 0 Å². The lowest BCUT2D eigenvalue weighted by atomic mass is 10.1. The third-order valence-corrected chi connectivity index (χ3v) is 3.15. The van der Waals surface area contributed by atoms with Crippen molar-refractivity contribution < 1.29 is 0 Å². The topological polar surface area (TPSA) is 0 Å². The maximum Gasteiger partial charge on any atom is 0.0631 e. The Balaban J connectivity index is 2.51. The van der Waals surface area contributed by atoms with Gasteiger partial charge in [-0.1, -0.05) is 36.4 Å². The molecule has 0 aromatic heterocycles. The van der Waals surface area contributed by atoms with E-state index < -0.39 is 0 Å². The molecule has 0 aliphatic heterocycles. The highest BCUT2D eigenvalue weighted by atomic mass is 35.5. The van der Waals surface area contributed by atoms with Crippen LogP contribution < -0.4 is 0 Å². The predicted molar refractivity (Wildman–Crippen MR) is 56.2 cm³/mol. The highest BCUT2D eigenvalue weighted by Gasteiger charge is 2.21. The van der Waals surface area contributed by atoms with Crippen LogP contribution in [0.1, 0.15) is 16.5 Å². The molecule has 1 unspecified atom stereocenters. The van der Waals surface area contributed by atoms with Crippen LogP contribution in [0.5, 0.6) is 0 Å². The molecular weight excluding hydrogens is 180 g/mol. The molecule has 3 rings (SSSR count). The monoisotopic (exact) mass is 188 g/mol. The molecule has 0 radical (unpaired) electrons. The van der Waals surface area contributed by atoms with Gasteiger partial charge >= 0.3 is 0 Å². The van der Waals surface area contributed by atoms with Gasteiger partial charge < -0.3 is 0 Å². The minimum atomic E-state index is 0.182. The summed E-state index contributed by atoms with van der Waals surface area (Å²) in [6.07, 6.45) is 0.984. The lowest BCUT2D eigenvalue weighted by molar-refractivity contribution is 0.978. The van der Waals surface area contributed by atoms with Crippen LogP contribution in [0, 0.1) is 0 Å². The van der Waals surface area contributed by atoms with Crippen molar-refractivity contribution in [2.45, 2.75) is 11.8 Å². The first-order valence-corrected chi connectivity index (χ1v) is 4.94. The van der Waals surface area contributed by atoms with E-state index in [1.165, 1.54) is 21.9 Å². The van der Waals surface area contributed by atoms with Gasteiger partial charge in [-0.3, -0.25) is 0 Å². The average Bonchev–Trinajstić information content (AvgIpc) is 2.47. The molecule has 0 spiro atoms. The average molecular weight is 189 g/mol. The van der Waals surface area contributed by atoms with Crippen molar-refractivity contribution in [1.82, 2.24) is 0 Å². The summed E-state index contributed by atoms with van der Waals surface area (Å²) in [5.74, 6) is 0. The summed E-state index contributed by atoms with van der Waals surface area (Å²) in [4.78, 5) is 0. The number of hydrogen-bond donors (Lipinski definition) is 0. The summed E-state index contributed by atoms with van der Waals surface area (Å²) in [6.45, 7) is 0. The van der Waals surface area contributed by atoms with Crippen molar-refractivity contribution >= 4 is 22.4 Å². The molecule has 0 fully saturated rings. The van der Waals surface area contributed by atoms with Crippen LogP contribution in [-0.2, 0) is 6.42 Å². The summed E-state index contributed by atoms with van der Waals surface area (Å²) in [5.41, 5.74) is 2.70. The maximum atomic E-state index is 6.25. The Morgan fingerprint density at radius 3 is 2.69 bits per heavy atom.